The average Bonchev–Trinajstić information content (AvgIpc) is 2.76. The van der Waals surface area contributed by atoms with Crippen molar-refractivity contribution in [1.29, 1.82) is 0 Å². The van der Waals surface area contributed by atoms with Gasteiger partial charge in [-0.1, -0.05) is 35.5 Å². The van der Waals surface area contributed by atoms with Gasteiger partial charge in [0.05, 0.1) is 5.25 Å². The van der Waals surface area contributed by atoms with E-state index in [4.69, 9.17) is 17.3 Å². The number of thioether (sulfide) groups is 1. The monoisotopic (exact) mass is 345 g/mol. The number of amides is 2. The van der Waals surface area contributed by atoms with Gasteiger partial charge in [-0.05, 0) is 17.7 Å². The molecule has 2 unspecified atom stereocenters. The van der Waals surface area contributed by atoms with Gasteiger partial charge >= 0.3 is 0 Å². The molecular weight excluding hydrogens is 334 g/mol. The zero-order valence-electron chi connectivity index (χ0n) is 11.2. The molecule has 0 bridgehead atoms. The summed E-state index contributed by atoms with van der Waals surface area (Å²) in [6.07, 6.45) is 0. The topological polar surface area (TPSA) is 116 Å². The van der Waals surface area contributed by atoms with Gasteiger partial charge in [0.1, 0.15) is 12.6 Å². The molecule has 1 aliphatic heterocycles. The molecule has 1 fully saturated rings. The van der Waals surface area contributed by atoms with E-state index in [2.05, 4.69) is 4.84 Å². The second-order valence-corrected chi connectivity index (χ2v) is 5.98. The SMILES string of the molecule is NC(=O)C1C(c2ccc(Cl)cc2)SC(=O)N1CCO[N+](=O)[O-]. The predicted octanol–water partition coefficient (Wildman–Crippen LogP) is 1.61. The minimum atomic E-state index is -0.955. The van der Waals surface area contributed by atoms with Crippen molar-refractivity contribution >= 4 is 34.5 Å². The lowest BCUT2D eigenvalue weighted by atomic mass is 10.0. The molecule has 2 atom stereocenters. The number of nitrogens with zero attached hydrogens (tertiary/aromatic N) is 2. The fourth-order valence-electron chi connectivity index (χ4n) is 2.17. The normalized spacial score (nSPS) is 21.0. The molecule has 0 aliphatic carbocycles. The van der Waals surface area contributed by atoms with E-state index in [-0.39, 0.29) is 18.4 Å². The third-order valence-corrected chi connectivity index (χ3v) is 4.58. The first-order valence-corrected chi connectivity index (χ1v) is 7.45. The van der Waals surface area contributed by atoms with Gasteiger partial charge < -0.3 is 15.5 Å². The van der Waals surface area contributed by atoms with Crippen LogP contribution in [-0.2, 0) is 9.63 Å². The van der Waals surface area contributed by atoms with E-state index in [1.54, 1.807) is 24.3 Å². The Morgan fingerprint density at radius 2 is 2.09 bits per heavy atom. The summed E-state index contributed by atoms with van der Waals surface area (Å²) in [6.45, 7) is -0.416. The van der Waals surface area contributed by atoms with Crippen LogP contribution in [0.15, 0.2) is 24.3 Å². The van der Waals surface area contributed by atoms with Crippen molar-refractivity contribution < 1.29 is 19.5 Å². The molecule has 8 nitrogen and oxygen atoms in total. The lowest BCUT2D eigenvalue weighted by Gasteiger charge is -2.24. The summed E-state index contributed by atoms with van der Waals surface area (Å²) in [7, 11) is 0. The van der Waals surface area contributed by atoms with E-state index >= 15 is 0 Å². The summed E-state index contributed by atoms with van der Waals surface area (Å²) in [6, 6.07) is 5.83. The molecule has 0 aromatic heterocycles. The predicted molar refractivity (Wildman–Crippen MR) is 79.8 cm³/mol. The lowest BCUT2D eigenvalue weighted by molar-refractivity contribution is -0.757. The number of nitrogens with two attached hydrogens (primary N) is 1. The zero-order chi connectivity index (χ0) is 16.3. The van der Waals surface area contributed by atoms with E-state index in [0.29, 0.717) is 5.02 Å². The molecule has 1 aromatic carbocycles. The quantitative estimate of drug-likeness (QED) is 0.618. The lowest BCUT2D eigenvalue weighted by Crippen LogP contribution is -2.45. The van der Waals surface area contributed by atoms with Gasteiger partial charge in [0.2, 0.25) is 5.91 Å². The second-order valence-electron chi connectivity index (χ2n) is 4.45. The van der Waals surface area contributed by atoms with E-state index in [0.717, 1.165) is 17.3 Å². The molecule has 0 radical (unpaired) electrons. The van der Waals surface area contributed by atoms with Crippen molar-refractivity contribution in [1.82, 2.24) is 4.90 Å². The Balaban J connectivity index is 2.18. The van der Waals surface area contributed by atoms with Gasteiger partial charge in [0.25, 0.3) is 10.3 Å². The number of hydrogen-bond acceptors (Lipinski definition) is 6. The maximum atomic E-state index is 12.0. The zero-order valence-corrected chi connectivity index (χ0v) is 12.7. The van der Waals surface area contributed by atoms with Gasteiger partial charge in [0.15, 0.2) is 0 Å². The van der Waals surface area contributed by atoms with Crippen molar-refractivity contribution in [3.05, 3.63) is 45.0 Å². The largest absolute Gasteiger partial charge is 0.368 e. The van der Waals surface area contributed by atoms with Crippen molar-refractivity contribution in [3.8, 4) is 0 Å². The van der Waals surface area contributed by atoms with Crippen LogP contribution < -0.4 is 5.73 Å². The summed E-state index contributed by atoms with van der Waals surface area (Å²) in [5.41, 5.74) is 6.12. The maximum absolute atomic E-state index is 12.0. The first-order chi connectivity index (χ1) is 10.4. The van der Waals surface area contributed by atoms with Crippen molar-refractivity contribution in [2.24, 2.45) is 5.73 Å². The Hall–Kier alpha value is -2.00. The molecular formula is C12H12ClN3O5S. The molecule has 2 rings (SSSR count). The van der Waals surface area contributed by atoms with Crippen LogP contribution in [0.3, 0.4) is 0 Å². The van der Waals surface area contributed by atoms with Gasteiger partial charge in [0, 0.05) is 11.6 Å². The third kappa shape index (κ3) is 3.60. The summed E-state index contributed by atoms with van der Waals surface area (Å²) < 4.78 is 0. The summed E-state index contributed by atoms with van der Waals surface area (Å²) in [5, 5.41) is 8.87. The highest BCUT2D eigenvalue weighted by molar-refractivity contribution is 8.14. The van der Waals surface area contributed by atoms with Crippen LogP contribution in [-0.4, -0.2) is 40.3 Å². The molecule has 22 heavy (non-hydrogen) atoms. The molecule has 0 saturated carbocycles. The summed E-state index contributed by atoms with van der Waals surface area (Å²) >= 11 is 6.76. The molecule has 10 heteroatoms. The number of benzene rings is 1. The fraction of sp³-hybridized carbons (Fsp3) is 0.333. The number of hydrogen-bond donors (Lipinski definition) is 1. The smallest absolute Gasteiger partial charge is 0.294 e. The minimum absolute atomic E-state index is 0.0927. The van der Waals surface area contributed by atoms with Crippen LogP contribution >= 0.6 is 23.4 Å². The first kappa shape index (κ1) is 16.4. The molecule has 1 aliphatic rings. The van der Waals surface area contributed by atoms with Gasteiger partial charge in [-0.2, -0.15) is 0 Å². The Morgan fingerprint density at radius 1 is 1.45 bits per heavy atom. The van der Waals surface area contributed by atoms with E-state index in [1.165, 1.54) is 4.90 Å². The maximum Gasteiger partial charge on any atom is 0.294 e. The molecule has 1 aromatic rings. The highest BCUT2D eigenvalue weighted by Crippen LogP contribution is 2.43. The third-order valence-electron chi connectivity index (χ3n) is 3.10. The molecule has 0 spiro atoms. The number of carbonyl (C=O) groups is 2. The van der Waals surface area contributed by atoms with E-state index in [1.807, 2.05) is 0 Å². The highest BCUT2D eigenvalue weighted by Gasteiger charge is 2.44. The molecule has 2 amide bonds. The number of halogens is 1. The fourth-order valence-corrected chi connectivity index (χ4v) is 3.55. The van der Waals surface area contributed by atoms with E-state index in [9.17, 15) is 19.7 Å². The van der Waals surface area contributed by atoms with Crippen molar-refractivity contribution in [2.75, 3.05) is 13.2 Å². The number of primary amides is 1. The molecule has 118 valence electrons. The molecule has 1 saturated heterocycles. The van der Waals surface area contributed by atoms with Gasteiger partial charge in [-0.25, -0.2) is 0 Å². The van der Waals surface area contributed by atoms with Crippen molar-refractivity contribution in [2.45, 2.75) is 11.3 Å². The Kier molecular flexibility index (Phi) is 5.09. The molecule has 1 heterocycles. The average molecular weight is 346 g/mol. The summed E-state index contributed by atoms with van der Waals surface area (Å²) in [5.74, 6) is -0.681. The first-order valence-electron chi connectivity index (χ1n) is 6.19. The van der Waals surface area contributed by atoms with Crippen LogP contribution in [0, 0.1) is 10.1 Å². The Bertz CT molecular complexity index is 597. The Morgan fingerprint density at radius 3 is 2.64 bits per heavy atom. The Labute approximate surface area is 134 Å². The van der Waals surface area contributed by atoms with Crippen LogP contribution in [0.4, 0.5) is 4.79 Å². The standard InChI is InChI=1S/C12H12ClN3O5S/c13-8-3-1-7(2-4-8)10-9(11(14)17)15(12(18)22-10)5-6-21-16(19)20/h1-4,9-10H,5-6H2,(H2,14,17). The van der Waals surface area contributed by atoms with Gasteiger partial charge in [-0.15, -0.1) is 10.1 Å². The molecule has 2 N–H and O–H groups in total. The second kappa shape index (κ2) is 6.84. The van der Waals surface area contributed by atoms with Crippen molar-refractivity contribution in [3.63, 3.8) is 0 Å². The van der Waals surface area contributed by atoms with Gasteiger partial charge in [-0.3, -0.25) is 9.59 Å². The minimum Gasteiger partial charge on any atom is -0.368 e. The summed E-state index contributed by atoms with van der Waals surface area (Å²) in [4.78, 5) is 39.3. The highest BCUT2D eigenvalue weighted by atomic mass is 35.5. The van der Waals surface area contributed by atoms with Crippen LogP contribution in [0.25, 0.3) is 0 Å². The number of rotatable bonds is 6. The van der Waals surface area contributed by atoms with Crippen LogP contribution in [0.1, 0.15) is 10.8 Å². The van der Waals surface area contributed by atoms with E-state index < -0.39 is 22.3 Å². The number of carbonyl (C=O) groups excluding carboxylic acids is 2. The van der Waals surface area contributed by atoms with Crippen LogP contribution in [0.2, 0.25) is 5.02 Å². The van der Waals surface area contributed by atoms with Crippen LogP contribution in [0.5, 0.6) is 0 Å².